The minimum Gasteiger partial charge on any atom is -0.372 e. The molecule has 0 saturated carbocycles. The fourth-order valence-corrected chi connectivity index (χ4v) is 3.48. The average molecular weight is 285 g/mol. The molecule has 0 bridgehead atoms. The highest BCUT2D eigenvalue weighted by atomic mass is 16.1. The Morgan fingerprint density at radius 3 is 1.50 bits per heavy atom. The first-order valence-corrected chi connectivity index (χ1v) is 7.84. The van der Waals surface area contributed by atoms with Crippen LogP contribution in [0.4, 0.5) is 0 Å². The van der Waals surface area contributed by atoms with E-state index >= 15 is 0 Å². The van der Waals surface area contributed by atoms with E-state index in [2.05, 4.69) is 57.3 Å². The third kappa shape index (κ3) is 8.54. The lowest BCUT2D eigenvalue weighted by atomic mass is 9.92. The predicted octanol–water partition coefficient (Wildman–Crippen LogP) is 2.04. The van der Waals surface area contributed by atoms with Crippen LogP contribution in [0.25, 0.3) is 0 Å². The molecule has 4 atom stereocenters. The van der Waals surface area contributed by atoms with Gasteiger partial charge in [0.1, 0.15) is 0 Å². The van der Waals surface area contributed by atoms with Crippen LogP contribution in [0.5, 0.6) is 0 Å². The third-order valence-corrected chi connectivity index (χ3v) is 4.15. The summed E-state index contributed by atoms with van der Waals surface area (Å²) in [6.45, 7) is 13.2. The highest BCUT2D eigenvalue weighted by molar-refractivity contribution is 5.42. The smallest absolute Gasteiger partial charge is 0.204 e. The van der Waals surface area contributed by atoms with Crippen LogP contribution in [0, 0.1) is 17.8 Å². The summed E-state index contributed by atoms with van der Waals surface area (Å²) in [5.41, 5.74) is 4.17. The van der Waals surface area contributed by atoms with Crippen LogP contribution in [0.2, 0.25) is 0 Å². The molecule has 2 aliphatic rings. The Balaban J connectivity index is 0.000000304. The molecule has 4 nitrogen and oxygen atoms in total. The molecule has 0 aromatic carbocycles. The van der Waals surface area contributed by atoms with Crippen molar-refractivity contribution >= 4 is 6.41 Å². The molecule has 2 rings (SSSR count). The minimum atomic E-state index is 0.250. The zero-order valence-corrected chi connectivity index (χ0v) is 14.3. The Morgan fingerprint density at radius 2 is 1.30 bits per heavy atom. The Morgan fingerprint density at radius 1 is 0.900 bits per heavy atom. The summed E-state index contributed by atoms with van der Waals surface area (Å²) >= 11 is 0. The number of carbonyl (C=O) groups excluding carboxylic acids is 1. The van der Waals surface area contributed by atoms with Crippen LogP contribution in [0.1, 0.15) is 40.5 Å². The van der Waals surface area contributed by atoms with Crippen LogP contribution < -0.4 is 5.73 Å². The summed E-state index contributed by atoms with van der Waals surface area (Å²) in [6.07, 6.45) is 3.06. The zero-order chi connectivity index (χ0) is 15.7. The fraction of sp³-hybridized carbons (Fsp3) is 0.938. The van der Waals surface area contributed by atoms with Crippen molar-refractivity contribution < 1.29 is 4.79 Å². The van der Waals surface area contributed by atoms with Crippen molar-refractivity contribution in [2.45, 2.75) is 46.6 Å². The first-order chi connectivity index (χ1) is 9.29. The first kappa shape index (κ1) is 19.4. The van der Waals surface area contributed by atoms with Gasteiger partial charge in [0.2, 0.25) is 6.41 Å². The van der Waals surface area contributed by atoms with Crippen molar-refractivity contribution in [1.29, 1.82) is 0 Å². The normalized spacial score (nSPS) is 34.5. The molecule has 2 aliphatic heterocycles. The Hall–Kier alpha value is -0.610. The molecule has 0 radical (unpaired) electrons. The van der Waals surface area contributed by atoms with E-state index in [-0.39, 0.29) is 6.41 Å². The van der Waals surface area contributed by atoms with Crippen molar-refractivity contribution in [3.63, 3.8) is 0 Å². The lowest BCUT2D eigenvalue weighted by molar-refractivity contribution is -0.106. The maximum absolute atomic E-state index is 8.58. The molecule has 2 heterocycles. The van der Waals surface area contributed by atoms with Crippen LogP contribution >= 0.6 is 0 Å². The van der Waals surface area contributed by atoms with E-state index in [0.717, 1.165) is 23.8 Å². The Kier molecular flexibility index (Phi) is 9.86. The second-order valence-electron chi connectivity index (χ2n) is 6.93. The van der Waals surface area contributed by atoms with E-state index in [0.29, 0.717) is 0 Å². The highest BCUT2D eigenvalue weighted by Crippen LogP contribution is 2.19. The molecule has 0 aliphatic carbocycles. The fourth-order valence-electron chi connectivity index (χ4n) is 3.48. The highest BCUT2D eigenvalue weighted by Gasteiger charge is 2.21. The van der Waals surface area contributed by atoms with Gasteiger partial charge in [-0.15, -0.1) is 0 Å². The third-order valence-electron chi connectivity index (χ3n) is 4.15. The van der Waals surface area contributed by atoms with Gasteiger partial charge < -0.3 is 15.5 Å². The molecule has 120 valence electrons. The van der Waals surface area contributed by atoms with Gasteiger partial charge in [-0.25, -0.2) is 0 Å². The molecule has 0 aromatic rings. The molecule has 4 heteroatoms. The molecule has 20 heavy (non-hydrogen) atoms. The van der Waals surface area contributed by atoms with Crippen LogP contribution in [-0.4, -0.2) is 56.0 Å². The van der Waals surface area contributed by atoms with Crippen LogP contribution in [0.3, 0.4) is 0 Å². The number of hydrogen-bond donors (Lipinski definition) is 1. The SMILES string of the molecule is CC1CC(C)CN(C)C1.CC1CC(C)N(C)C1.NC=O. The molecule has 2 fully saturated rings. The number of amides is 1. The largest absolute Gasteiger partial charge is 0.372 e. The summed E-state index contributed by atoms with van der Waals surface area (Å²) in [5, 5.41) is 0. The van der Waals surface area contributed by atoms with Gasteiger partial charge in [0.25, 0.3) is 0 Å². The minimum absolute atomic E-state index is 0.250. The second kappa shape index (κ2) is 10.2. The summed E-state index contributed by atoms with van der Waals surface area (Å²) in [4.78, 5) is 13.4. The zero-order valence-electron chi connectivity index (χ0n) is 14.3. The van der Waals surface area contributed by atoms with E-state index in [1.54, 1.807) is 0 Å². The van der Waals surface area contributed by atoms with Crippen molar-refractivity contribution in [3.8, 4) is 0 Å². The van der Waals surface area contributed by atoms with E-state index in [1.165, 1.54) is 32.5 Å². The van der Waals surface area contributed by atoms with Crippen molar-refractivity contribution in [1.82, 2.24) is 9.80 Å². The number of nitrogens with zero attached hydrogens (tertiary/aromatic N) is 2. The number of carbonyl (C=O) groups is 1. The van der Waals surface area contributed by atoms with Crippen molar-refractivity contribution in [2.75, 3.05) is 33.7 Å². The molecule has 2 saturated heterocycles. The molecule has 2 N–H and O–H groups in total. The van der Waals surface area contributed by atoms with Crippen LogP contribution in [0.15, 0.2) is 0 Å². The standard InChI is InChI=1S/C8H17N.C7H15N.CH3NO/c1-7-4-8(2)6-9(3)5-7;1-6-4-7(2)8(3)5-6;2-1-3/h7-8H,4-6H2,1-3H3;6-7H,4-5H2,1-3H3;1H,(H2,2,3). The number of hydrogen-bond acceptors (Lipinski definition) is 3. The van der Waals surface area contributed by atoms with Crippen LogP contribution in [-0.2, 0) is 4.79 Å². The summed E-state index contributed by atoms with van der Waals surface area (Å²) in [7, 11) is 4.42. The average Bonchev–Trinajstić information content (AvgIpc) is 2.55. The van der Waals surface area contributed by atoms with Gasteiger partial charge in [0.15, 0.2) is 0 Å². The van der Waals surface area contributed by atoms with Gasteiger partial charge in [-0.3, -0.25) is 4.79 Å². The molecule has 4 unspecified atom stereocenters. The quantitative estimate of drug-likeness (QED) is 0.693. The van der Waals surface area contributed by atoms with E-state index in [9.17, 15) is 0 Å². The van der Waals surface area contributed by atoms with Gasteiger partial charge in [-0.1, -0.05) is 20.8 Å². The second-order valence-corrected chi connectivity index (χ2v) is 6.93. The Bertz CT molecular complexity index is 225. The molecule has 0 spiro atoms. The maximum Gasteiger partial charge on any atom is 0.204 e. The van der Waals surface area contributed by atoms with Gasteiger partial charge >= 0.3 is 0 Å². The number of piperidine rings is 1. The molecular weight excluding hydrogens is 250 g/mol. The van der Waals surface area contributed by atoms with Gasteiger partial charge in [-0.2, -0.15) is 0 Å². The monoisotopic (exact) mass is 285 g/mol. The lowest BCUT2D eigenvalue weighted by Gasteiger charge is -2.31. The predicted molar refractivity (Wildman–Crippen MR) is 86.6 cm³/mol. The number of rotatable bonds is 0. The maximum atomic E-state index is 8.58. The summed E-state index contributed by atoms with van der Waals surface area (Å²) in [6, 6.07) is 0.824. The Labute approximate surface area is 125 Å². The summed E-state index contributed by atoms with van der Waals surface area (Å²) in [5.74, 6) is 2.76. The van der Waals surface area contributed by atoms with E-state index in [1.807, 2.05) is 0 Å². The van der Waals surface area contributed by atoms with Crippen molar-refractivity contribution in [3.05, 3.63) is 0 Å². The molecule has 1 amide bonds. The number of primary amides is 1. The van der Waals surface area contributed by atoms with Gasteiger partial charge in [0.05, 0.1) is 0 Å². The molecular formula is C16H35N3O. The number of likely N-dealkylation sites (tertiary alicyclic amines) is 2. The summed E-state index contributed by atoms with van der Waals surface area (Å²) < 4.78 is 0. The number of nitrogens with two attached hydrogens (primary N) is 1. The van der Waals surface area contributed by atoms with Gasteiger partial charge in [0, 0.05) is 25.7 Å². The topological polar surface area (TPSA) is 49.6 Å². The van der Waals surface area contributed by atoms with E-state index in [4.69, 9.17) is 4.79 Å². The molecule has 0 aromatic heterocycles. The van der Waals surface area contributed by atoms with Gasteiger partial charge in [-0.05, 0) is 51.6 Å². The lowest BCUT2D eigenvalue weighted by Crippen LogP contribution is -2.35. The van der Waals surface area contributed by atoms with E-state index < -0.39 is 0 Å². The first-order valence-electron chi connectivity index (χ1n) is 7.84. The van der Waals surface area contributed by atoms with Crippen molar-refractivity contribution in [2.24, 2.45) is 23.5 Å².